The highest BCUT2D eigenvalue weighted by atomic mass is 127. The van der Waals surface area contributed by atoms with Crippen LogP contribution >= 0.6 is 35.3 Å². The van der Waals surface area contributed by atoms with Crippen molar-refractivity contribution in [3.63, 3.8) is 0 Å². The van der Waals surface area contributed by atoms with Crippen molar-refractivity contribution in [3.05, 3.63) is 45.9 Å². The van der Waals surface area contributed by atoms with Crippen LogP contribution in [0.25, 0.3) is 0 Å². The summed E-state index contributed by atoms with van der Waals surface area (Å²) in [6.45, 7) is 4.62. The zero-order valence-electron chi connectivity index (χ0n) is 11.6. The molecule has 0 fully saturated rings. The molecule has 2 rings (SSSR count). The zero-order valence-corrected chi connectivity index (χ0v) is 14.7. The summed E-state index contributed by atoms with van der Waals surface area (Å²) in [7, 11) is 0. The lowest BCUT2D eigenvalue weighted by Gasteiger charge is -2.05. The van der Waals surface area contributed by atoms with Crippen molar-refractivity contribution in [1.29, 1.82) is 0 Å². The van der Waals surface area contributed by atoms with Crippen LogP contribution in [0.5, 0.6) is 0 Å². The quantitative estimate of drug-likeness (QED) is 0.467. The number of nitrogens with two attached hydrogens (primary N) is 1. The van der Waals surface area contributed by atoms with E-state index < -0.39 is 0 Å². The minimum atomic E-state index is 0. The number of hydrogen-bond donors (Lipinski definition) is 2. The van der Waals surface area contributed by atoms with E-state index in [4.69, 9.17) is 5.73 Å². The highest BCUT2D eigenvalue weighted by molar-refractivity contribution is 14.0. The van der Waals surface area contributed by atoms with Crippen LogP contribution in [0, 0.1) is 6.92 Å². The Balaban J connectivity index is 0.00000200. The van der Waals surface area contributed by atoms with Gasteiger partial charge in [-0.05, 0) is 31.0 Å². The van der Waals surface area contributed by atoms with E-state index in [2.05, 4.69) is 34.3 Å². The van der Waals surface area contributed by atoms with Gasteiger partial charge in [-0.3, -0.25) is 0 Å². The first-order valence-electron chi connectivity index (χ1n) is 6.24. The van der Waals surface area contributed by atoms with Crippen molar-refractivity contribution in [2.45, 2.75) is 26.8 Å². The van der Waals surface area contributed by atoms with Crippen LogP contribution in [0.2, 0.25) is 0 Å². The number of anilines is 1. The number of benzene rings is 1. The molecular formula is C14H19IN4S. The Bertz CT molecular complexity index is 563. The maximum Gasteiger partial charge on any atom is 0.193 e. The van der Waals surface area contributed by atoms with Gasteiger partial charge in [-0.25, -0.2) is 9.98 Å². The molecule has 0 bridgehead atoms. The van der Waals surface area contributed by atoms with Crippen molar-refractivity contribution >= 4 is 47.0 Å². The Morgan fingerprint density at radius 2 is 2.05 bits per heavy atom. The third-order valence-corrected chi connectivity index (χ3v) is 3.64. The molecule has 108 valence electrons. The molecule has 20 heavy (non-hydrogen) atoms. The second kappa shape index (κ2) is 8.21. The van der Waals surface area contributed by atoms with Crippen molar-refractivity contribution in [2.24, 2.45) is 10.7 Å². The van der Waals surface area contributed by atoms with Crippen molar-refractivity contribution in [2.75, 3.05) is 5.32 Å². The fourth-order valence-electron chi connectivity index (χ4n) is 1.64. The number of guanidine groups is 1. The Morgan fingerprint density at radius 1 is 1.35 bits per heavy atom. The average molecular weight is 402 g/mol. The van der Waals surface area contributed by atoms with Crippen LogP contribution < -0.4 is 11.1 Å². The van der Waals surface area contributed by atoms with Crippen molar-refractivity contribution in [3.8, 4) is 0 Å². The average Bonchev–Trinajstić information content (AvgIpc) is 2.83. The summed E-state index contributed by atoms with van der Waals surface area (Å²) in [5.41, 5.74) is 9.13. The first-order chi connectivity index (χ1) is 9.17. The fraction of sp³-hybridized carbons (Fsp3) is 0.286. The summed E-state index contributed by atoms with van der Waals surface area (Å²) >= 11 is 1.60. The van der Waals surface area contributed by atoms with Gasteiger partial charge >= 0.3 is 0 Å². The SMILES string of the molecule is CCc1ccc(NC(N)=NCc2nc(C)cs2)cc1.I. The Kier molecular flexibility index (Phi) is 6.94. The molecule has 0 atom stereocenters. The fourth-order valence-corrected chi connectivity index (χ4v) is 2.33. The van der Waals surface area contributed by atoms with Gasteiger partial charge < -0.3 is 11.1 Å². The standard InChI is InChI=1S/C14H18N4S.HI/c1-3-11-4-6-12(7-5-11)18-14(15)16-8-13-17-10(2)9-19-13;/h4-7,9H,3,8H2,1-2H3,(H3,15,16,18);1H. The molecule has 0 unspecified atom stereocenters. The van der Waals surface area contributed by atoms with E-state index in [0.29, 0.717) is 12.5 Å². The summed E-state index contributed by atoms with van der Waals surface area (Å²) in [6.07, 6.45) is 1.03. The maximum atomic E-state index is 5.85. The third kappa shape index (κ3) is 5.09. The number of aromatic nitrogens is 1. The van der Waals surface area contributed by atoms with E-state index in [1.807, 2.05) is 24.4 Å². The molecule has 4 nitrogen and oxygen atoms in total. The summed E-state index contributed by atoms with van der Waals surface area (Å²) < 4.78 is 0. The largest absolute Gasteiger partial charge is 0.370 e. The molecule has 1 aromatic heterocycles. The van der Waals surface area contributed by atoms with Gasteiger partial charge in [0.1, 0.15) is 5.01 Å². The molecule has 0 aliphatic rings. The molecule has 0 radical (unpaired) electrons. The van der Waals surface area contributed by atoms with Gasteiger partial charge in [0, 0.05) is 16.8 Å². The molecule has 1 heterocycles. The van der Waals surface area contributed by atoms with E-state index in [0.717, 1.165) is 22.8 Å². The van der Waals surface area contributed by atoms with Crippen LogP contribution in [0.3, 0.4) is 0 Å². The smallest absolute Gasteiger partial charge is 0.193 e. The lowest BCUT2D eigenvalue weighted by molar-refractivity contribution is 1.01. The second-order valence-electron chi connectivity index (χ2n) is 4.26. The number of rotatable bonds is 4. The number of nitrogens with zero attached hydrogens (tertiary/aromatic N) is 2. The normalized spacial score (nSPS) is 11.0. The molecular weight excluding hydrogens is 383 g/mol. The van der Waals surface area contributed by atoms with Crippen LogP contribution in [0.15, 0.2) is 34.6 Å². The van der Waals surface area contributed by atoms with E-state index in [1.54, 1.807) is 11.3 Å². The second-order valence-corrected chi connectivity index (χ2v) is 5.20. The predicted molar refractivity (Wildman–Crippen MR) is 97.0 cm³/mol. The molecule has 0 spiro atoms. The number of aryl methyl sites for hydroxylation is 2. The highest BCUT2D eigenvalue weighted by Crippen LogP contribution is 2.11. The first-order valence-corrected chi connectivity index (χ1v) is 7.12. The van der Waals surface area contributed by atoms with E-state index in [9.17, 15) is 0 Å². The van der Waals surface area contributed by atoms with Crippen LogP contribution in [-0.2, 0) is 13.0 Å². The molecule has 1 aromatic carbocycles. The van der Waals surface area contributed by atoms with Gasteiger partial charge in [-0.2, -0.15) is 0 Å². The topological polar surface area (TPSA) is 63.3 Å². The molecule has 0 aliphatic carbocycles. The van der Waals surface area contributed by atoms with Gasteiger partial charge in [-0.1, -0.05) is 19.1 Å². The van der Waals surface area contributed by atoms with Crippen LogP contribution in [0.1, 0.15) is 23.2 Å². The number of hydrogen-bond acceptors (Lipinski definition) is 3. The maximum absolute atomic E-state index is 5.85. The molecule has 0 saturated heterocycles. The molecule has 6 heteroatoms. The minimum Gasteiger partial charge on any atom is -0.370 e. The summed E-state index contributed by atoms with van der Waals surface area (Å²) in [5.74, 6) is 0.414. The molecule has 3 N–H and O–H groups in total. The molecule has 0 aliphatic heterocycles. The van der Waals surface area contributed by atoms with Gasteiger partial charge in [0.25, 0.3) is 0 Å². The number of thiazole rings is 1. The predicted octanol–water partition coefficient (Wildman–Crippen LogP) is 3.56. The summed E-state index contributed by atoms with van der Waals surface area (Å²) in [6, 6.07) is 8.18. The van der Waals surface area contributed by atoms with Crippen LogP contribution in [0.4, 0.5) is 5.69 Å². The number of aliphatic imine (C=N–C) groups is 1. The lowest BCUT2D eigenvalue weighted by Crippen LogP contribution is -2.22. The Morgan fingerprint density at radius 3 is 2.60 bits per heavy atom. The molecule has 0 amide bonds. The van der Waals surface area contributed by atoms with Crippen molar-refractivity contribution < 1.29 is 0 Å². The monoisotopic (exact) mass is 402 g/mol. The van der Waals surface area contributed by atoms with Crippen LogP contribution in [-0.4, -0.2) is 10.9 Å². The zero-order chi connectivity index (χ0) is 13.7. The van der Waals surface area contributed by atoms with E-state index in [-0.39, 0.29) is 24.0 Å². The Hall–Kier alpha value is -1.15. The van der Waals surface area contributed by atoms with Gasteiger partial charge in [0.05, 0.1) is 6.54 Å². The van der Waals surface area contributed by atoms with E-state index in [1.165, 1.54) is 5.56 Å². The first kappa shape index (κ1) is 16.9. The van der Waals surface area contributed by atoms with E-state index >= 15 is 0 Å². The third-order valence-electron chi connectivity index (χ3n) is 2.69. The number of nitrogens with one attached hydrogen (secondary N) is 1. The minimum absolute atomic E-state index is 0. The van der Waals surface area contributed by atoms with Gasteiger partial charge in [-0.15, -0.1) is 35.3 Å². The molecule has 2 aromatic rings. The summed E-state index contributed by atoms with van der Waals surface area (Å²) in [5, 5.41) is 6.06. The van der Waals surface area contributed by atoms with Crippen molar-refractivity contribution in [1.82, 2.24) is 4.98 Å². The number of halogens is 1. The van der Waals surface area contributed by atoms with Gasteiger partial charge in [0.15, 0.2) is 5.96 Å². The Labute approximate surface area is 140 Å². The summed E-state index contributed by atoms with van der Waals surface area (Å²) in [4.78, 5) is 8.62. The lowest BCUT2D eigenvalue weighted by atomic mass is 10.1. The van der Waals surface area contributed by atoms with Gasteiger partial charge in [0.2, 0.25) is 0 Å². The molecule has 0 saturated carbocycles. The highest BCUT2D eigenvalue weighted by Gasteiger charge is 1.99.